The van der Waals surface area contributed by atoms with Gasteiger partial charge in [0.1, 0.15) is 0 Å². The molecular weight excluding hydrogens is 344 g/mol. The quantitative estimate of drug-likeness (QED) is 0.412. The molecular formula is C21H14N2S2. The third-order valence-electron chi connectivity index (χ3n) is 3.95. The lowest BCUT2D eigenvalue weighted by atomic mass is 10.00. The highest BCUT2D eigenvalue weighted by atomic mass is 32.2. The molecule has 0 amide bonds. The second kappa shape index (κ2) is 7.10. The predicted molar refractivity (Wildman–Crippen MR) is 106 cm³/mol. The maximum Gasteiger partial charge on any atom is 0.151 e. The number of hydrogen-bond donors (Lipinski definition) is 0. The topological polar surface area (TPSA) is 36.7 Å². The molecule has 1 aromatic heterocycles. The Balaban J connectivity index is 1.50. The van der Waals surface area contributed by atoms with Crippen LogP contribution in [0.25, 0.3) is 21.3 Å². The number of nitriles is 1. The summed E-state index contributed by atoms with van der Waals surface area (Å²) in [6.45, 7) is 0. The molecule has 0 aliphatic heterocycles. The van der Waals surface area contributed by atoms with Crippen LogP contribution in [0.15, 0.2) is 77.1 Å². The lowest BCUT2D eigenvalue weighted by Crippen LogP contribution is -1.85. The normalized spacial score (nSPS) is 10.7. The van der Waals surface area contributed by atoms with Crippen LogP contribution < -0.4 is 0 Å². The van der Waals surface area contributed by atoms with E-state index in [1.807, 2.05) is 36.4 Å². The number of aromatic nitrogens is 1. The second-order valence-electron chi connectivity index (χ2n) is 5.59. The molecule has 0 fully saturated rings. The lowest BCUT2D eigenvalue weighted by molar-refractivity contribution is 1.29. The summed E-state index contributed by atoms with van der Waals surface area (Å²) in [5.74, 6) is 0.889. The third kappa shape index (κ3) is 3.43. The van der Waals surface area contributed by atoms with Crippen molar-refractivity contribution in [2.75, 3.05) is 0 Å². The number of fused-ring (bicyclic) bond motifs is 1. The number of thioether (sulfide) groups is 1. The molecule has 0 spiro atoms. The van der Waals surface area contributed by atoms with Gasteiger partial charge in [-0.1, -0.05) is 66.4 Å². The van der Waals surface area contributed by atoms with E-state index in [1.165, 1.54) is 10.3 Å². The molecule has 4 rings (SSSR count). The summed E-state index contributed by atoms with van der Waals surface area (Å²) >= 11 is 3.50. The minimum atomic E-state index is 0.708. The molecule has 4 heteroatoms. The molecule has 0 atom stereocenters. The van der Waals surface area contributed by atoms with Crippen LogP contribution in [0.2, 0.25) is 0 Å². The van der Waals surface area contributed by atoms with Crippen molar-refractivity contribution in [3.8, 4) is 17.2 Å². The smallest absolute Gasteiger partial charge is 0.151 e. The van der Waals surface area contributed by atoms with E-state index in [-0.39, 0.29) is 0 Å². The van der Waals surface area contributed by atoms with Gasteiger partial charge in [-0.2, -0.15) is 5.26 Å². The van der Waals surface area contributed by atoms with Gasteiger partial charge in [0.2, 0.25) is 0 Å². The average Bonchev–Trinajstić information content (AvgIpc) is 3.10. The Hall–Kier alpha value is -2.61. The molecule has 0 bridgehead atoms. The summed E-state index contributed by atoms with van der Waals surface area (Å²) in [6.07, 6.45) is 0. The molecule has 0 saturated heterocycles. The molecule has 3 aromatic carbocycles. The van der Waals surface area contributed by atoms with E-state index in [2.05, 4.69) is 47.5 Å². The van der Waals surface area contributed by atoms with Crippen molar-refractivity contribution in [3.63, 3.8) is 0 Å². The van der Waals surface area contributed by atoms with Crippen LogP contribution >= 0.6 is 23.1 Å². The van der Waals surface area contributed by atoms with E-state index in [0.717, 1.165) is 26.7 Å². The van der Waals surface area contributed by atoms with Crippen molar-refractivity contribution in [2.45, 2.75) is 10.1 Å². The zero-order valence-electron chi connectivity index (χ0n) is 13.3. The van der Waals surface area contributed by atoms with E-state index in [0.29, 0.717) is 5.56 Å². The van der Waals surface area contributed by atoms with Gasteiger partial charge in [-0.25, -0.2) is 4.98 Å². The first-order valence-electron chi connectivity index (χ1n) is 7.90. The van der Waals surface area contributed by atoms with Crippen LogP contribution in [0.1, 0.15) is 11.1 Å². The van der Waals surface area contributed by atoms with Gasteiger partial charge in [-0.15, -0.1) is 11.3 Å². The Morgan fingerprint density at radius 2 is 1.68 bits per heavy atom. The van der Waals surface area contributed by atoms with E-state index >= 15 is 0 Å². The number of nitrogens with zero attached hydrogens (tertiary/aromatic N) is 2. The molecule has 0 N–H and O–H groups in total. The Kier molecular flexibility index (Phi) is 4.51. The van der Waals surface area contributed by atoms with Gasteiger partial charge in [0.05, 0.1) is 21.8 Å². The van der Waals surface area contributed by atoms with Crippen molar-refractivity contribution in [1.82, 2.24) is 4.98 Å². The number of hydrogen-bond acceptors (Lipinski definition) is 4. The van der Waals surface area contributed by atoms with Gasteiger partial charge < -0.3 is 0 Å². The molecule has 4 aromatic rings. The van der Waals surface area contributed by atoms with Crippen molar-refractivity contribution < 1.29 is 0 Å². The van der Waals surface area contributed by atoms with Gasteiger partial charge >= 0.3 is 0 Å². The Bertz CT molecular complexity index is 1030. The van der Waals surface area contributed by atoms with Crippen LogP contribution in [0.5, 0.6) is 0 Å². The summed E-state index contributed by atoms with van der Waals surface area (Å²) in [6, 6.07) is 26.6. The average molecular weight is 358 g/mol. The summed E-state index contributed by atoms with van der Waals surface area (Å²) in [4.78, 5) is 4.66. The molecule has 2 nitrogen and oxygen atoms in total. The molecule has 0 aliphatic carbocycles. The molecule has 0 saturated carbocycles. The van der Waals surface area contributed by atoms with E-state index < -0.39 is 0 Å². The van der Waals surface area contributed by atoms with Crippen LogP contribution in [0, 0.1) is 11.3 Å². The molecule has 120 valence electrons. The van der Waals surface area contributed by atoms with E-state index in [1.54, 1.807) is 23.1 Å². The van der Waals surface area contributed by atoms with E-state index in [9.17, 15) is 5.26 Å². The molecule has 1 heterocycles. The minimum absolute atomic E-state index is 0.708. The first-order valence-corrected chi connectivity index (χ1v) is 9.70. The van der Waals surface area contributed by atoms with Crippen LogP contribution in [0.4, 0.5) is 0 Å². The second-order valence-corrected chi connectivity index (χ2v) is 7.84. The fraction of sp³-hybridized carbons (Fsp3) is 0.0476. The van der Waals surface area contributed by atoms with Gasteiger partial charge in [-0.05, 0) is 34.9 Å². The summed E-state index contributed by atoms with van der Waals surface area (Å²) in [5, 5.41) is 9.25. The summed E-state index contributed by atoms with van der Waals surface area (Å²) < 4.78 is 2.33. The SMILES string of the molecule is N#Cc1ccccc1-c1ccc(CSc2nc3ccccc3s2)cc1. The number of rotatable bonds is 4. The molecule has 0 aliphatic rings. The number of thiazole rings is 1. The first-order chi connectivity index (χ1) is 12.3. The Morgan fingerprint density at radius 1 is 0.920 bits per heavy atom. The maximum atomic E-state index is 9.25. The van der Waals surface area contributed by atoms with E-state index in [4.69, 9.17) is 0 Å². The van der Waals surface area contributed by atoms with Crippen molar-refractivity contribution in [1.29, 1.82) is 5.26 Å². The highest BCUT2D eigenvalue weighted by Gasteiger charge is 2.06. The Morgan fingerprint density at radius 3 is 2.48 bits per heavy atom. The standard InChI is InChI=1S/C21H14N2S2/c22-13-17-5-1-2-6-18(17)16-11-9-15(10-12-16)14-24-21-23-19-7-3-4-8-20(19)25-21/h1-12H,14H2. The largest absolute Gasteiger partial charge is 0.230 e. The lowest BCUT2D eigenvalue weighted by Gasteiger charge is -2.05. The van der Waals surface area contributed by atoms with Gasteiger partial charge in [-0.3, -0.25) is 0 Å². The van der Waals surface area contributed by atoms with Gasteiger partial charge in [0.15, 0.2) is 4.34 Å². The fourth-order valence-corrected chi connectivity index (χ4v) is 4.70. The zero-order valence-corrected chi connectivity index (χ0v) is 15.0. The van der Waals surface area contributed by atoms with Crippen LogP contribution in [-0.4, -0.2) is 4.98 Å². The number of benzene rings is 3. The maximum absolute atomic E-state index is 9.25. The summed E-state index contributed by atoms with van der Waals surface area (Å²) in [5.41, 5.74) is 5.08. The summed E-state index contributed by atoms with van der Waals surface area (Å²) in [7, 11) is 0. The monoisotopic (exact) mass is 358 g/mol. The molecule has 0 unspecified atom stereocenters. The third-order valence-corrected chi connectivity index (χ3v) is 6.20. The van der Waals surface area contributed by atoms with Crippen LogP contribution in [0.3, 0.4) is 0 Å². The number of para-hydroxylation sites is 1. The van der Waals surface area contributed by atoms with Crippen molar-refractivity contribution >= 4 is 33.3 Å². The highest BCUT2D eigenvalue weighted by Crippen LogP contribution is 2.32. The molecule has 25 heavy (non-hydrogen) atoms. The predicted octanol–water partition coefficient (Wildman–Crippen LogP) is 6.13. The zero-order chi connectivity index (χ0) is 17.1. The Labute approximate surface area is 154 Å². The molecule has 0 radical (unpaired) electrons. The fourth-order valence-electron chi connectivity index (χ4n) is 2.67. The van der Waals surface area contributed by atoms with Crippen molar-refractivity contribution in [2.24, 2.45) is 0 Å². The highest BCUT2D eigenvalue weighted by molar-refractivity contribution is 8.00. The van der Waals surface area contributed by atoms with Gasteiger partial charge in [0, 0.05) is 5.75 Å². The minimum Gasteiger partial charge on any atom is -0.230 e. The van der Waals surface area contributed by atoms with Crippen molar-refractivity contribution in [3.05, 3.63) is 83.9 Å². The van der Waals surface area contributed by atoms with Crippen LogP contribution in [-0.2, 0) is 5.75 Å². The van der Waals surface area contributed by atoms with Gasteiger partial charge in [0.25, 0.3) is 0 Å². The first kappa shape index (κ1) is 15.9.